The third-order valence-corrected chi connectivity index (χ3v) is 5.83. The normalized spacial score (nSPS) is 12.6. The summed E-state index contributed by atoms with van der Waals surface area (Å²) in [4.78, 5) is 23.6. The van der Waals surface area contributed by atoms with Crippen LogP contribution in [0.2, 0.25) is 0 Å². The van der Waals surface area contributed by atoms with Crippen LogP contribution in [-0.4, -0.2) is 20.6 Å². The Morgan fingerprint density at radius 2 is 1.96 bits per heavy atom. The third-order valence-electron chi connectivity index (χ3n) is 4.86. The van der Waals surface area contributed by atoms with Crippen LogP contribution in [0.5, 0.6) is 0 Å². The topological polar surface area (TPSA) is 90.1 Å². The van der Waals surface area contributed by atoms with E-state index in [0.29, 0.717) is 5.82 Å². The average Bonchev–Trinajstić information content (AvgIpc) is 3.26. The van der Waals surface area contributed by atoms with Crippen LogP contribution in [0.4, 0.5) is 11.5 Å². The van der Waals surface area contributed by atoms with Crippen LogP contribution in [0.1, 0.15) is 32.7 Å². The minimum Gasteiger partial charge on any atom is -0.306 e. The zero-order valence-corrected chi connectivity index (χ0v) is 16.2. The minimum atomic E-state index is -0.546. The van der Waals surface area contributed by atoms with Crippen molar-refractivity contribution < 1.29 is 9.72 Å². The van der Waals surface area contributed by atoms with E-state index in [1.54, 1.807) is 28.6 Å². The van der Waals surface area contributed by atoms with E-state index in [1.807, 2.05) is 32.0 Å². The lowest BCUT2D eigenvalue weighted by molar-refractivity contribution is -0.385. The van der Waals surface area contributed by atoms with Gasteiger partial charge in [0.15, 0.2) is 0 Å². The number of thioether (sulfide) groups is 1. The van der Waals surface area contributed by atoms with E-state index in [0.717, 1.165) is 34.0 Å². The summed E-state index contributed by atoms with van der Waals surface area (Å²) < 4.78 is 1.73. The Balaban J connectivity index is 1.77. The van der Waals surface area contributed by atoms with Crippen LogP contribution < -0.4 is 5.32 Å². The highest BCUT2D eigenvalue weighted by Gasteiger charge is 2.27. The number of nitrogens with zero attached hydrogens (tertiary/aromatic N) is 3. The molecule has 0 atom stereocenters. The zero-order valence-electron chi connectivity index (χ0n) is 15.4. The molecule has 2 heterocycles. The monoisotopic (exact) mass is 394 g/mol. The van der Waals surface area contributed by atoms with Gasteiger partial charge < -0.3 is 5.32 Å². The highest BCUT2D eigenvalue weighted by molar-refractivity contribution is 7.98. The molecule has 4 rings (SSSR count). The second-order valence-corrected chi connectivity index (χ2v) is 7.66. The predicted octanol–water partition coefficient (Wildman–Crippen LogP) is 4.40. The number of carbonyl (C=O) groups is 1. The molecule has 1 amide bonds. The molecule has 8 heteroatoms. The summed E-state index contributed by atoms with van der Waals surface area (Å²) in [5, 5.41) is 18.8. The van der Waals surface area contributed by atoms with E-state index in [4.69, 9.17) is 0 Å². The van der Waals surface area contributed by atoms with Crippen molar-refractivity contribution in [2.75, 3.05) is 5.32 Å². The van der Waals surface area contributed by atoms with Gasteiger partial charge in [0.05, 0.1) is 16.3 Å². The van der Waals surface area contributed by atoms with Crippen LogP contribution in [-0.2, 0) is 11.5 Å². The molecular weight excluding hydrogens is 376 g/mol. The number of hydrogen-bond acceptors (Lipinski definition) is 5. The minimum absolute atomic E-state index is 0.0275. The fraction of sp³-hybridized carbons (Fsp3) is 0.200. The van der Waals surface area contributed by atoms with Gasteiger partial charge in [-0.2, -0.15) is 16.9 Å². The maximum absolute atomic E-state index is 12.9. The van der Waals surface area contributed by atoms with Crippen LogP contribution in [0, 0.1) is 24.0 Å². The molecule has 0 spiro atoms. The van der Waals surface area contributed by atoms with Gasteiger partial charge in [0.2, 0.25) is 0 Å². The lowest BCUT2D eigenvalue weighted by atomic mass is 10.1. The number of hydrogen-bond donors (Lipinski definition) is 1. The van der Waals surface area contributed by atoms with Crippen molar-refractivity contribution >= 4 is 29.2 Å². The van der Waals surface area contributed by atoms with E-state index in [-0.39, 0.29) is 11.3 Å². The smallest absolute Gasteiger partial charge is 0.282 e. The van der Waals surface area contributed by atoms with Crippen LogP contribution >= 0.6 is 11.8 Å². The highest BCUT2D eigenvalue weighted by atomic mass is 32.2. The molecule has 1 aromatic heterocycles. The molecule has 142 valence electrons. The number of aromatic nitrogens is 2. The molecule has 0 saturated heterocycles. The lowest BCUT2D eigenvalue weighted by Gasteiger charge is -2.12. The van der Waals surface area contributed by atoms with Crippen molar-refractivity contribution in [3.05, 3.63) is 80.5 Å². The van der Waals surface area contributed by atoms with Crippen LogP contribution in [0.15, 0.2) is 42.5 Å². The second-order valence-electron chi connectivity index (χ2n) is 6.68. The lowest BCUT2D eigenvalue weighted by Crippen LogP contribution is -2.17. The zero-order chi connectivity index (χ0) is 19.8. The van der Waals surface area contributed by atoms with E-state index < -0.39 is 10.8 Å². The number of nitro benzene ring substituents is 1. The largest absolute Gasteiger partial charge is 0.306 e. The Morgan fingerprint density at radius 1 is 1.18 bits per heavy atom. The molecule has 2 aromatic carbocycles. The van der Waals surface area contributed by atoms with Gasteiger partial charge in [-0.3, -0.25) is 14.9 Å². The summed E-state index contributed by atoms with van der Waals surface area (Å²) in [6, 6.07) is 11.9. The van der Waals surface area contributed by atoms with Crippen molar-refractivity contribution in [3.8, 4) is 5.69 Å². The van der Waals surface area contributed by atoms with Crippen LogP contribution in [0.3, 0.4) is 0 Å². The SMILES string of the molecule is Cc1ccc(-n2nc3c(c2NC(=O)c2ccccc2[N+](=O)[O-])CSC3)cc1C. The number of amides is 1. The van der Waals surface area contributed by atoms with Gasteiger partial charge in [-0.1, -0.05) is 18.2 Å². The maximum Gasteiger partial charge on any atom is 0.282 e. The number of carbonyl (C=O) groups excluding carboxylic acids is 1. The quantitative estimate of drug-likeness (QED) is 0.523. The van der Waals surface area contributed by atoms with Gasteiger partial charge in [-0.15, -0.1) is 0 Å². The number of nitro groups is 1. The van der Waals surface area contributed by atoms with Gasteiger partial charge in [-0.25, -0.2) is 4.68 Å². The fourth-order valence-corrected chi connectivity index (χ4v) is 4.22. The molecule has 28 heavy (non-hydrogen) atoms. The van der Waals surface area contributed by atoms with Gasteiger partial charge >= 0.3 is 0 Å². The number of benzene rings is 2. The molecule has 0 saturated carbocycles. The number of anilines is 1. The van der Waals surface area contributed by atoms with Crippen LogP contribution in [0.25, 0.3) is 5.69 Å². The van der Waals surface area contributed by atoms with Gasteiger partial charge in [-0.05, 0) is 43.2 Å². The van der Waals surface area contributed by atoms with E-state index in [9.17, 15) is 14.9 Å². The van der Waals surface area contributed by atoms with Crippen molar-refractivity contribution in [3.63, 3.8) is 0 Å². The Morgan fingerprint density at radius 3 is 2.71 bits per heavy atom. The average molecular weight is 394 g/mol. The molecular formula is C20H18N4O3S. The standard InChI is InChI=1S/C20H18N4O3S/c1-12-7-8-14(9-13(12)2)23-19(16-10-28-11-17(16)22-23)21-20(25)15-5-3-4-6-18(15)24(26)27/h3-9H,10-11H2,1-2H3,(H,21,25). The first-order chi connectivity index (χ1) is 13.5. The molecule has 1 aliphatic rings. The molecule has 3 aromatic rings. The molecule has 0 aliphatic carbocycles. The molecule has 1 aliphatic heterocycles. The van der Waals surface area contributed by atoms with Gasteiger partial charge in [0.1, 0.15) is 11.4 Å². The summed E-state index contributed by atoms with van der Waals surface area (Å²) in [6.07, 6.45) is 0. The first-order valence-corrected chi connectivity index (χ1v) is 9.92. The number of para-hydroxylation sites is 1. The molecule has 0 fully saturated rings. The fourth-order valence-electron chi connectivity index (χ4n) is 3.19. The summed E-state index contributed by atoms with van der Waals surface area (Å²) in [5.41, 5.74) is 4.85. The Labute approximate surface area is 165 Å². The van der Waals surface area contributed by atoms with Crippen molar-refractivity contribution in [1.82, 2.24) is 9.78 Å². The molecule has 0 bridgehead atoms. The summed E-state index contributed by atoms with van der Waals surface area (Å²) >= 11 is 1.73. The Hall–Kier alpha value is -3.13. The third kappa shape index (κ3) is 3.16. The Kier molecular flexibility index (Phi) is 4.64. The maximum atomic E-state index is 12.9. The second kappa shape index (κ2) is 7.12. The first-order valence-electron chi connectivity index (χ1n) is 8.76. The first kappa shape index (κ1) is 18.2. The van der Waals surface area contributed by atoms with E-state index >= 15 is 0 Å². The summed E-state index contributed by atoms with van der Waals surface area (Å²) in [6.45, 7) is 4.06. The number of fused-ring (bicyclic) bond motifs is 1. The molecule has 7 nitrogen and oxygen atoms in total. The summed E-state index contributed by atoms with van der Waals surface area (Å²) in [5.74, 6) is 1.58. The van der Waals surface area contributed by atoms with Crippen molar-refractivity contribution in [2.45, 2.75) is 25.4 Å². The van der Waals surface area contributed by atoms with E-state index in [1.165, 1.54) is 17.7 Å². The van der Waals surface area contributed by atoms with Crippen molar-refractivity contribution in [1.29, 1.82) is 0 Å². The number of aryl methyl sites for hydroxylation is 2. The summed E-state index contributed by atoms with van der Waals surface area (Å²) in [7, 11) is 0. The number of nitrogens with one attached hydrogen (secondary N) is 1. The van der Waals surface area contributed by atoms with Gasteiger partial charge in [0.25, 0.3) is 11.6 Å². The van der Waals surface area contributed by atoms with Gasteiger partial charge in [0, 0.05) is 23.1 Å². The predicted molar refractivity (Wildman–Crippen MR) is 109 cm³/mol. The van der Waals surface area contributed by atoms with E-state index in [2.05, 4.69) is 10.4 Å². The molecule has 1 N–H and O–H groups in total. The Bertz CT molecular complexity index is 1110. The molecule has 0 unspecified atom stereocenters. The highest BCUT2D eigenvalue weighted by Crippen LogP contribution is 2.36. The molecule has 0 radical (unpaired) electrons. The number of rotatable bonds is 4. The van der Waals surface area contributed by atoms with Crippen molar-refractivity contribution in [2.24, 2.45) is 0 Å².